The number of nitrogens with zero attached hydrogens (tertiary/aromatic N) is 2. The summed E-state index contributed by atoms with van der Waals surface area (Å²) in [6.07, 6.45) is 0.721. The molecule has 0 aliphatic carbocycles. The van der Waals surface area contributed by atoms with Crippen LogP contribution in [0.25, 0.3) is 0 Å². The molecule has 2 fully saturated rings. The van der Waals surface area contributed by atoms with E-state index in [4.69, 9.17) is 7.85 Å². The average molecular weight is 212 g/mol. The van der Waals surface area contributed by atoms with E-state index in [9.17, 15) is 0 Å². The Hall–Kier alpha value is -0.955. The van der Waals surface area contributed by atoms with Gasteiger partial charge in [-0.3, -0.25) is 0 Å². The number of anilines is 1. The maximum absolute atomic E-state index is 5.70. The number of fused-ring (bicyclic) bond motifs is 1. The van der Waals surface area contributed by atoms with Gasteiger partial charge in [0.1, 0.15) is 0 Å². The Labute approximate surface area is 98.6 Å². The van der Waals surface area contributed by atoms with E-state index in [1.54, 1.807) is 0 Å². The first-order valence-electron chi connectivity index (χ1n) is 6.09. The Bertz CT molecular complexity index is 340. The van der Waals surface area contributed by atoms with Crippen LogP contribution in [-0.2, 0) is 0 Å². The van der Waals surface area contributed by atoms with Crippen molar-refractivity contribution in [3.8, 4) is 0 Å². The molecule has 16 heavy (non-hydrogen) atoms. The molecule has 0 aromatic heterocycles. The predicted octanol–water partition coefficient (Wildman–Crippen LogP) is 1.18. The molecule has 3 rings (SSSR count). The van der Waals surface area contributed by atoms with Gasteiger partial charge in [0.15, 0.2) is 0 Å². The summed E-state index contributed by atoms with van der Waals surface area (Å²) in [5.74, 6) is 1.65. The van der Waals surface area contributed by atoms with Crippen LogP contribution in [0.4, 0.5) is 5.69 Å². The molecule has 1 aromatic carbocycles. The zero-order chi connectivity index (χ0) is 11.0. The fraction of sp³-hybridized carbons (Fsp3) is 0.538. The van der Waals surface area contributed by atoms with Crippen molar-refractivity contribution in [3.05, 3.63) is 30.3 Å². The molecule has 2 radical (unpaired) electrons. The first-order valence-corrected chi connectivity index (χ1v) is 6.09. The fourth-order valence-electron chi connectivity index (χ4n) is 3.09. The second kappa shape index (κ2) is 4.13. The van der Waals surface area contributed by atoms with Crippen molar-refractivity contribution in [3.63, 3.8) is 0 Å². The minimum Gasteiger partial charge on any atom is -0.371 e. The number of hydrogen-bond donors (Lipinski definition) is 0. The molecular weight excluding hydrogens is 195 g/mol. The lowest BCUT2D eigenvalue weighted by Crippen LogP contribution is -2.29. The van der Waals surface area contributed by atoms with Crippen molar-refractivity contribution in [1.82, 2.24) is 4.90 Å². The van der Waals surface area contributed by atoms with Gasteiger partial charge in [0, 0.05) is 31.9 Å². The van der Waals surface area contributed by atoms with Gasteiger partial charge in [-0.05, 0) is 30.4 Å². The Kier molecular flexibility index (Phi) is 2.64. The molecule has 2 heterocycles. The van der Waals surface area contributed by atoms with Gasteiger partial charge in [-0.15, -0.1) is 0 Å². The molecule has 3 heteroatoms. The molecule has 2 nitrogen and oxygen atoms in total. The van der Waals surface area contributed by atoms with Gasteiger partial charge in [-0.25, -0.2) is 0 Å². The van der Waals surface area contributed by atoms with E-state index in [1.165, 1.54) is 31.9 Å². The van der Waals surface area contributed by atoms with Crippen LogP contribution in [0.5, 0.6) is 0 Å². The maximum Gasteiger partial charge on any atom is 0.0863 e. The highest BCUT2D eigenvalue weighted by atomic mass is 15.2. The molecule has 0 saturated carbocycles. The van der Waals surface area contributed by atoms with Crippen LogP contribution >= 0.6 is 0 Å². The number of para-hydroxylation sites is 1. The summed E-state index contributed by atoms with van der Waals surface area (Å²) in [6.45, 7) is 4.77. The molecule has 0 amide bonds. The normalized spacial score (nSPS) is 29.6. The average Bonchev–Trinajstić information content (AvgIpc) is 2.87. The molecule has 82 valence electrons. The number of rotatable bonds is 2. The van der Waals surface area contributed by atoms with Crippen molar-refractivity contribution in [2.75, 3.05) is 37.5 Å². The molecule has 2 atom stereocenters. The Balaban J connectivity index is 1.68. The van der Waals surface area contributed by atoms with Crippen LogP contribution in [0.2, 0.25) is 0 Å². The third-order valence-electron chi connectivity index (χ3n) is 3.94. The van der Waals surface area contributed by atoms with Gasteiger partial charge in [0.2, 0.25) is 0 Å². The van der Waals surface area contributed by atoms with E-state index < -0.39 is 0 Å². The zero-order valence-corrected chi connectivity index (χ0v) is 9.55. The third-order valence-corrected chi connectivity index (χ3v) is 3.94. The molecular formula is C13H17BN2. The lowest BCUT2D eigenvalue weighted by atomic mass is 10.0. The van der Waals surface area contributed by atoms with Crippen LogP contribution in [0.1, 0.15) is 0 Å². The summed E-state index contributed by atoms with van der Waals surface area (Å²) in [4.78, 5) is 4.89. The number of hydrogen-bond acceptors (Lipinski definition) is 2. The van der Waals surface area contributed by atoms with Gasteiger partial charge in [0.25, 0.3) is 0 Å². The van der Waals surface area contributed by atoms with Crippen molar-refractivity contribution in [2.24, 2.45) is 11.8 Å². The van der Waals surface area contributed by atoms with Crippen molar-refractivity contribution >= 4 is 13.5 Å². The summed E-state index contributed by atoms with van der Waals surface area (Å²) < 4.78 is 0. The van der Waals surface area contributed by atoms with Crippen molar-refractivity contribution in [1.29, 1.82) is 0 Å². The van der Waals surface area contributed by atoms with Gasteiger partial charge in [-0.2, -0.15) is 0 Å². The summed E-state index contributed by atoms with van der Waals surface area (Å²) in [7, 11) is 5.70. The topological polar surface area (TPSA) is 6.48 Å². The Morgan fingerprint density at radius 1 is 1.00 bits per heavy atom. The monoisotopic (exact) mass is 212 g/mol. The lowest BCUT2D eigenvalue weighted by molar-refractivity contribution is 0.368. The van der Waals surface area contributed by atoms with E-state index in [2.05, 4.69) is 40.1 Å². The van der Waals surface area contributed by atoms with Crippen LogP contribution in [-0.4, -0.2) is 45.4 Å². The van der Waals surface area contributed by atoms with Gasteiger partial charge in [-0.1, -0.05) is 18.2 Å². The highest BCUT2D eigenvalue weighted by Crippen LogP contribution is 2.33. The molecule has 0 N–H and O–H groups in total. The zero-order valence-electron chi connectivity index (χ0n) is 9.55. The molecule has 0 spiro atoms. The van der Waals surface area contributed by atoms with E-state index in [0.29, 0.717) is 0 Å². The van der Waals surface area contributed by atoms with Gasteiger partial charge >= 0.3 is 0 Å². The largest absolute Gasteiger partial charge is 0.371 e. The van der Waals surface area contributed by atoms with E-state index >= 15 is 0 Å². The van der Waals surface area contributed by atoms with Crippen LogP contribution in [0.15, 0.2) is 30.3 Å². The maximum atomic E-state index is 5.70. The minimum absolute atomic E-state index is 0.721. The third kappa shape index (κ3) is 1.73. The molecule has 2 unspecified atom stereocenters. The molecule has 1 aromatic rings. The number of benzene rings is 1. The van der Waals surface area contributed by atoms with Crippen LogP contribution < -0.4 is 4.90 Å². The summed E-state index contributed by atoms with van der Waals surface area (Å²) in [5.41, 5.74) is 1.37. The van der Waals surface area contributed by atoms with E-state index in [-0.39, 0.29) is 0 Å². The second-order valence-corrected chi connectivity index (χ2v) is 4.98. The molecule has 2 aliphatic rings. The highest BCUT2D eigenvalue weighted by molar-refractivity contribution is 6.08. The highest BCUT2D eigenvalue weighted by Gasteiger charge is 2.39. The molecule has 2 aliphatic heterocycles. The summed E-state index contributed by atoms with van der Waals surface area (Å²) in [6, 6.07) is 10.7. The summed E-state index contributed by atoms with van der Waals surface area (Å²) in [5, 5.41) is 0. The Morgan fingerprint density at radius 3 is 2.19 bits per heavy atom. The second-order valence-electron chi connectivity index (χ2n) is 4.98. The van der Waals surface area contributed by atoms with Crippen molar-refractivity contribution < 1.29 is 0 Å². The quantitative estimate of drug-likeness (QED) is 0.679. The first kappa shape index (κ1) is 10.2. The number of likely N-dealkylation sites (tertiary alicyclic amines) is 1. The predicted molar refractivity (Wildman–Crippen MR) is 67.8 cm³/mol. The smallest absolute Gasteiger partial charge is 0.0863 e. The lowest BCUT2D eigenvalue weighted by Gasteiger charge is -2.22. The van der Waals surface area contributed by atoms with Crippen molar-refractivity contribution in [2.45, 2.75) is 0 Å². The minimum atomic E-state index is 0.721. The van der Waals surface area contributed by atoms with E-state index in [1.807, 2.05) is 0 Å². The SMILES string of the molecule is [B]CN1CC2CN(c3ccccc3)CC2C1. The van der Waals surface area contributed by atoms with Crippen LogP contribution in [0, 0.1) is 11.8 Å². The van der Waals surface area contributed by atoms with Crippen LogP contribution in [0.3, 0.4) is 0 Å². The first-order chi connectivity index (χ1) is 7.86. The fourth-order valence-corrected chi connectivity index (χ4v) is 3.09. The molecule has 0 bridgehead atoms. The standard InChI is InChI=1S/C13H17BN2/c14-10-15-6-11-8-16(9-12(11)7-15)13-4-2-1-3-5-13/h1-5,11-12H,6-10H2. The van der Waals surface area contributed by atoms with E-state index in [0.717, 1.165) is 18.3 Å². The summed E-state index contributed by atoms with van der Waals surface area (Å²) >= 11 is 0. The molecule has 2 saturated heterocycles. The van der Waals surface area contributed by atoms with Gasteiger partial charge in [0.05, 0.1) is 7.85 Å². The Morgan fingerprint density at radius 2 is 1.62 bits per heavy atom. The van der Waals surface area contributed by atoms with Gasteiger partial charge < -0.3 is 9.80 Å².